The molecular weight excluding hydrogens is 163 g/mol. The first-order chi connectivity index (χ1) is 3.68. The summed E-state index contributed by atoms with van der Waals surface area (Å²) < 4.78 is 0. The number of hydrogen-bond acceptors (Lipinski definition) is 1. The van der Waals surface area contributed by atoms with Crippen LogP contribution in [0.2, 0.25) is 0 Å². The summed E-state index contributed by atoms with van der Waals surface area (Å²) in [6.45, 7) is 0. The molecule has 0 bridgehead atoms. The van der Waals surface area contributed by atoms with Crippen LogP contribution < -0.4 is 0 Å². The van der Waals surface area contributed by atoms with E-state index in [1.807, 2.05) is 16.5 Å². The first kappa shape index (κ1) is 7.75. The molecule has 0 fully saturated rings. The van der Waals surface area contributed by atoms with Crippen molar-refractivity contribution < 1.29 is 4.79 Å². The molecular formula is C5H8GeNO. The Morgan fingerprint density at radius 1 is 1.62 bits per heavy atom. The number of nitrogens with zero attached hydrogens (tertiary/aromatic N) is 1. The van der Waals surface area contributed by atoms with Gasteiger partial charge in [0.2, 0.25) is 0 Å². The third kappa shape index (κ3) is 2.85. The SMILES string of the molecule is CN(C)C(=O)C=[CH][Ge]. The number of carbonyl (C=O) groups excluding carboxylic acids is 1. The van der Waals surface area contributed by atoms with E-state index in [2.05, 4.69) is 0 Å². The molecule has 0 unspecified atom stereocenters. The monoisotopic (exact) mass is 172 g/mol. The quantitative estimate of drug-likeness (QED) is 0.393. The van der Waals surface area contributed by atoms with Gasteiger partial charge >= 0.3 is 57.2 Å². The average Bonchev–Trinajstić information content (AvgIpc) is 1.67. The van der Waals surface area contributed by atoms with E-state index in [9.17, 15) is 4.79 Å². The Kier molecular flexibility index (Phi) is 3.60. The maximum absolute atomic E-state index is 10.6. The second-order valence-electron chi connectivity index (χ2n) is 1.57. The molecule has 3 radical (unpaired) electrons. The van der Waals surface area contributed by atoms with Crippen LogP contribution in [0.25, 0.3) is 0 Å². The Hall–Kier alpha value is -0.247. The van der Waals surface area contributed by atoms with Crippen LogP contribution in [0.4, 0.5) is 0 Å². The molecule has 0 spiro atoms. The Balaban J connectivity index is 3.66. The molecule has 1 amide bonds. The van der Waals surface area contributed by atoms with Gasteiger partial charge in [-0.05, 0) is 0 Å². The van der Waals surface area contributed by atoms with Crippen molar-refractivity contribution >= 4 is 22.4 Å². The van der Waals surface area contributed by atoms with Crippen molar-refractivity contribution in [1.29, 1.82) is 0 Å². The van der Waals surface area contributed by atoms with Gasteiger partial charge in [0.15, 0.2) is 0 Å². The number of amides is 1. The van der Waals surface area contributed by atoms with Crippen LogP contribution in [0, 0.1) is 0 Å². The van der Waals surface area contributed by atoms with Crippen LogP contribution in [0.15, 0.2) is 11.0 Å². The summed E-state index contributed by atoms with van der Waals surface area (Å²) in [5, 5.41) is 0. The number of hydrogen-bond donors (Lipinski definition) is 0. The molecule has 0 aliphatic heterocycles. The summed E-state index contributed by atoms with van der Waals surface area (Å²) in [5.41, 5.74) is 0. The summed E-state index contributed by atoms with van der Waals surface area (Å²) in [5.74, 6) is 0.0347. The van der Waals surface area contributed by atoms with Gasteiger partial charge in [0.1, 0.15) is 0 Å². The van der Waals surface area contributed by atoms with Crippen LogP contribution >= 0.6 is 0 Å². The first-order valence-electron chi connectivity index (χ1n) is 2.23. The van der Waals surface area contributed by atoms with E-state index in [1.54, 1.807) is 19.0 Å². The van der Waals surface area contributed by atoms with Crippen molar-refractivity contribution in [2.45, 2.75) is 0 Å². The predicted octanol–water partition coefficient (Wildman–Crippen LogP) is -0.243. The van der Waals surface area contributed by atoms with E-state index >= 15 is 0 Å². The number of carbonyl (C=O) groups is 1. The normalized spacial score (nSPS) is 9.88. The van der Waals surface area contributed by atoms with E-state index in [0.717, 1.165) is 0 Å². The summed E-state index contributed by atoms with van der Waals surface area (Å²) in [4.78, 5) is 13.8. The van der Waals surface area contributed by atoms with Crippen LogP contribution in [-0.2, 0) is 4.79 Å². The van der Waals surface area contributed by atoms with E-state index in [4.69, 9.17) is 0 Å². The molecule has 43 valence electrons. The molecule has 0 aliphatic rings. The molecule has 0 aromatic carbocycles. The zero-order chi connectivity index (χ0) is 6.57. The predicted molar refractivity (Wildman–Crippen MR) is 33.6 cm³/mol. The van der Waals surface area contributed by atoms with Crippen molar-refractivity contribution in [3.05, 3.63) is 11.0 Å². The second-order valence-corrected chi connectivity index (χ2v) is 2.27. The fourth-order valence-electron chi connectivity index (χ4n) is 0.220. The molecule has 0 aliphatic carbocycles. The van der Waals surface area contributed by atoms with E-state index < -0.39 is 0 Å². The van der Waals surface area contributed by atoms with Crippen LogP contribution in [-0.4, -0.2) is 41.4 Å². The van der Waals surface area contributed by atoms with Gasteiger partial charge in [-0.15, -0.1) is 0 Å². The second kappa shape index (κ2) is 3.72. The maximum atomic E-state index is 10.6. The fraction of sp³-hybridized carbons (Fsp3) is 0.400. The zero-order valence-electron chi connectivity index (χ0n) is 5.01. The Bertz CT molecular complexity index is 109. The van der Waals surface area contributed by atoms with Gasteiger partial charge < -0.3 is 0 Å². The van der Waals surface area contributed by atoms with Gasteiger partial charge in [-0.25, -0.2) is 0 Å². The summed E-state index contributed by atoms with van der Waals surface area (Å²) in [6, 6.07) is 0. The van der Waals surface area contributed by atoms with E-state index in [0.29, 0.717) is 0 Å². The molecule has 2 nitrogen and oxygen atoms in total. The van der Waals surface area contributed by atoms with Gasteiger partial charge in [-0.1, -0.05) is 0 Å². The van der Waals surface area contributed by atoms with Gasteiger partial charge in [0.25, 0.3) is 0 Å². The molecule has 0 saturated carbocycles. The Labute approximate surface area is 57.8 Å². The summed E-state index contributed by atoms with van der Waals surface area (Å²) >= 11 is 1.82. The number of likely N-dealkylation sites (N-methyl/N-ethyl adjacent to an activating group) is 1. The van der Waals surface area contributed by atoms with Gasteiger partial charge in [-0.3, -0.25) is 0 Å². The minimum atomic E-state index is 0.0347. The van der Waals surface area contributed by atoms with Crippen molar-refractivity contribution in [2.75, 3.05) is 14.1 Å². The summed E-state index contributed by atoms with van der Waals surface area (Å²) in [7, 11) is 3.45. The molecule has 0 aromatic rings. The molecule has 0 N–H and O–H groups in total. The zero-order valence-corrected chi connectivity index (χ0v) is 7.11. The van der Waals surface area contributed by atoms with Gasteiger partial charge in [0, 0.05) is 0 Å². The van der Waals surface area contributed by atoms with E-state index in [1.165, 1.54) is 11.0 Å². The van der Waals surface area contributed by atoms with E-state index in [-0.39, 0.29) is 5.91 Å². The molecule has 0 atom stereocenters. The molecule has 3 heteroatoms. The molecule has 0 heterocycles. The van der Waals surface area contributed by atoms with Crippen molar-refractivity contribution in [1.82, 2.24) is 4.90 Å². The first-order valence-corrected chi connectivity index (χ1v) is 3.44. The molecule has 0 aromatic heterocycles. The van der Waals surface area contributed by atoms with Gasteiger partial charge in [0.05, 0.1) is 0 Å². The average molecular weight is 171 g/mol. The van der Waals surface area contributed by atoms with Crippen molar-refractivity contribution in [3.63, 3.8) is 0 Å². The molecule has 0 saturated heterocycles. The Morgan fingerprint density at radius 2 is 2.12 bits per heavy atom. The molecule has 8 heavy (non-hydrogen) atoms. The number of rotatable bonds is 1. The third-order valence-corrected chi connectivity index (χ3v) is 1.02. The topological polar surface area (TPSA) is 20.3 Å². The third-order valence-electron chi connectivity index (χ3n) is 0.667. The van der Waals surface area contributed by atoms with Crippen molar-refractivity contribution in [3.8, 4) is 0 Å². The standard InChI is InChI=1S/C5H8GeNO/c1-7(2)5(8)3-4-6/h3-4H,1-2H3. The minimum absolute atomic E-state index is 0.0347. The van der Waals surface area contributed by atoms with Gasteiger partial charge in [-0.2, -0.15) is 0 Å². The van der Waals surface area contributed by atoms with Crippen LogP contribution in [0.5, 0.6) is 0 Å². The summed E-state index contributed by atoms with van der Waals surface area (Å²) in [6.07, 6.45) is 1.53. The van der Waals surface area contributed by atoms with Crippen LogP contribution in [0.3, 0.4) is 0 Å². The molecule has 0 rings (SSSR count). The Morgan fingerprint density at radius 3 is 2.25 bits per heavy atom. The fourth-order valence-corrected chi connectivity index (χ4v) is 0.519. The van der Waals surface area contributed by atoms with Crippen molar-refractivity contribution in [2.24, 2.45) is 0 Å². The van der Waals surface area contributed by atoms with Crippen LogP contribution in [0.1, 0.15) is 0 Å².